The normalized spacial score (nSPS) is 23.0. The first-order valence-corrected chi connectivity index (χ1v) is 13.3. The van der Waals surface area contributed by atoms with Crippen molar-refractivity contribution in [2.24, 2.45) is 5.92 Å². The topological polar surface area (TPSA) is 60.4 Å². The van der Waals surface area contributed by atoms with Crippen LogP contribution < -0.4 is 0 Å². The third kappa shape index (κ3) is 5.03. The number of Topliss-reactive ketones (excluding diaryl/α,β-unsaturated/α-hetero) is 1. The molecule has 0 atom stereocenters. The van der Waals surface area contributed by atoms with Gasteiger partial charge in [0, 0.05) is 17.4 Å². The Morgan fingerprint density at radius 3 is 1.72 bits per heavy atom. The Labute approximate surface area is 180 Å². The van der Waals surface area contributed by atoms with Gasteiger partial charge in [-0.3, -0.25) is 4.79 Å². The third-order valence-electron chi connectivity index (χ3n) is 5.66. The minimum Gasteiger partial charge on any atom is -0.298 e. The second-order valence-corrected chi connectivity index (χ2v) is 13.1. The van der Waals surface area contributed by atoms with Crippen LogP contribution in [0.5, 0.6) is 0 Å². The van der Waals surface area contributed by atoms with E-state index in [0.29, 0.717) is 32.1 Å². The van der Waals surface area contributed by atoms with E-state index in [1.54, 1.807) is 0 Å². The molecule has 2 fully saturated rings. The summed E-state index contributed by atoms with van der Waals surface area (Å²) in [5.74, 6) is -16.9. The van der Waals surface area contributed by atoms with Gasteiger partial charge in [-0.15, -0.1) is 10.3 Å². The molecule has 0 aromatic rings. The maximum Gasteiger partial charge on any atom is 0.460 e. The fraction of sp³-hybridized carbons (Fsp3) is 0.941. The largest absolute Gasteiger partial charge is 0.460 e. The third-order valence-corrected chi connectivity index (χ3v) is 11.3. The predicted octanol–water partition coefficient (Wildman–Crippen LogP) is 5.81. The van der Waals surface area contributed by atoms with Crippen LogP contribution in [-0.2, 0) is 18.5 Å². The van der Waals surface area contributed by atoms with Gasteiger partial charge in [0.15, 0.2) is 0 Å². The molecule has 0 radical (unpaired) electrons. The Morgan fingerprint density at radius 1 is 0.781 bits per heavy atom. The molecule has 1 saturated carbocycles. The lowest BCUT2D eigenvalue weighted by Crippen LogP contribution is -2.63. The van der Waals surface area contributed by atoms with E-state index in [0.717, 1.165) is 6.42 Å². The van der Waals surface area contributed by atoms with Gasteiger partial charge < -0.3 is 0 Å². The molecule has 0 bridgehead atoms. The van der Waals surface area contributed by atoms with Crippen molar-refractivity contribution < 1.29 is 56.4 Å². The first kappa shape index (κ1) is 27.5. The lowest BCUT2D eigenvalue weighted by Gasteiger charge is -2.43. The number of ketones is 1. The molecule has 2 aliphatic rings. The Bertz CT molecular complexity index is 784. The van der Waals surface area contributed by atoms with Gasteiger partial charge >= 0.3 is 33.4 Å². The van der Waals surface area contributed by atoms with E-state index < -0.39 is 61.2 Å². The molecule has 0 unspecified atom stereocenters. The molecule has 1 aliphatic carbocycles. The summed E-state index contributed by atoms with van der Waals surface area (Å²) >= 11 is 0. The van der Waals surface area contributed by atoms with Gasteiger partial charge in [0.25, 0.3) is 0 Å². The van der Waals surface area contributed by atoms with Gasteiger partial charge in [-0.05, 0) is 25.7 Å². The van der Waals surface area contributed by atoms with Crippen LogP contribution >= 0.6 is 10.3 Å². The van der Waals surface area contributed by atoms with Crippen LogP contribution in [-0.4, -0.2) is 54.7 Å². The average Bonchev–Trinajstić information content (AvgIpc) is 2.67. The Hall–Kier alpha value is -0.700. The summed E-state index contributed by atoms with van der Waals surface area (Å²) in [6.45, 7) is 0. The van der Waals surface area contributed by atoms with Gasteiger partial charge in [-0.2, -0.15) is 47.9 Å². The molecule has 0 aromatic carbocycles. The van der Waals surface area contributed by atoms with Crippen LogP contribution in [0.1, 0.15) is 51.4 Å². The zero-order valence-electron chi connectivity index (χ0n) is 16.7. The van der Waals surface area contributed by atoms with Gasteiger partial charge in [-0.25, -0.2) is 3.63 Å². The summed E-state index contributed by atoms with van der Waals surface area (Å²) in [5.41, 5.74) is 0. The highest BCUT2D eigenvalue weighted by atomic mass is 32.3. The quantitative estimate of drug-likeness (QED) is 0.375. The Morgan fingerprint density at radius 2 is 1.25 bits per heavy atom. The highest BCUT2D eigenvalue weighted by Crippen LogP contribution is 2.60. The summed E-state index contributed by atoms with van der Waals surface area (Å²) in [7, 11) is -10.3. The summed E-state index contributed by atoms with van der Waals surface area (Å²) in [6, 6.07) is 0. The number of rotatable bonds is 8. The zero-order chi connectivity index (χ0) is 24.6. The van der Waals surface area contributed by atoms with Crippen molar-refractivity contribution >= 4 is 26.2 Å². The van der Waals surface area contributed by atoms with Crippen LogP contribution in [0.3, 0.4) is 0 Å². The van der Waals surface area contributed by atoms with Crippen LogP contribution in [0.15, 0.2) is 0 Å². The van der Waals surface area contributed by atoms with Crippen LogP contribution in [0.2, 0.25) is 0 Å². The lowest BCUT2D eigenvalue weighted by molar-refractivity contribution is -0.382. The van der Waals surface area contributed by atoms with Crippen molar-refractivity contribution in [3.8, 4) is 0 Å². The van der Waals surface area contributed by atoms with E-state index in [4.69, 9.17) is 0 Å². The standard InChI is InChI=1S/C17H23F9O4S2/c18-14(19,16(22,23)24)15(20,21)17(25,26)32(28,29)30-31(9-5-2-6-10-31)11-13(27)12-7-3-1-4-8-12/h12H,1-11H2. The first-order valence-electron chi connectivity index (χ1n) is 9.85. The van der Waals surface area contributed by atoms with Crippen molar-refractivity contribution in [1.29, 1.82) is 0 Å². The average molecular weight is 526 g/mol. The number of alkyl halides is 9. The molecule has 2 rings (SSSR count). The highest BCUT2D eigenvalue weighted by molar-refractivity contribution is 8.33. The van der Waals surface area contributed by atoms with Crippen LogP contribution in [0.4, 0.5) is 39.5 Å². The van der Waals surface area contributed by atoms with Crippen molar-refractivity contribution in [2.75, 3.05) is 17.3 Å². The fourth-order valence-corrected chi connectivity index (χ4v) is 9.55. The minimum atomic E-state index is -7.35. The second kappa shape index (κ2) is 9.16. The summed E-state index contributed by atoms with van der Waals surface area (Å²) in [5, 5.41) is -6.90. The van der Waals surface area contributed by atoms with Gasteiger partial charge in [0.1, 0.15) is 5.78 Å². The molecule has 0 N–H and O–H groups in total. The number of hydrogen-bond donors (Lipinski definition) is 0. The van der Waals surface area contributed by atoms with Gasteiger partial charge in [-0.1, -0.05) is 25.7 Å². The maximum absolute atomic E-state index is 14.1. The molecule has 1 aliphatic heterocycles. The first-order chi connectivity index (χ1) is 14.4. The number of carbonyl (C=O) groups is 1. The van der Waals surface area contributed by atoms with E-state index in [2.05, 4.69) is 3.63 Å². The van der Waals surface area contributed by atoms with E-state index in [-0.39, 0.29) is 24.3 Å². The van der Waals surface area contributed by atoms with E-state index in [1.165, 1.54) is 0 Å². The zero-order valence-corrected chi connectivity index (χ0v) is 18.3. The highest BCUT2D eigenvalue weighted by Gasteiger charge is 2.86. The molecule has 4 nitrogen and oxygen atoms in total. The van der Waals surface area contributed by atoms with Gasteiger partial charge in [0.2, 0.25) is 0 Å². The van der Waals surface area contributed by atoms with Crippen molar-refractivity contribution in [3.63, 3.8) is 0 Å². The Kier molecular flexibility index (Phi) is 7.88. The van der Waals surface area contributed by atoms with Crippen molar-refractivity contribution in [2.45, 2.75) is 74.6 Å². The number of hydrogen-bond acceptors (Lipinski definition) is 4. The minimum absolute atomic E-state index is 0.198. The van der Waals surface area contributed by atoms with E-state index in [9.17, 15) is 52.7 Å². The van der Waals surface area contributed by atoms with Crippen molar-refractivity contribution in [1.82, 2.24) is 0 Å². The molecule has 190 valence electrons. The smallest absolute Gasteiger partial charge is 0.298 e. The molecule has 1 heterocycles. The monoisotopic (exact) mass is 526 g/mol. The summed E-state index contributed by atoms with van der Waals surface area (Å²) in [6.07, 6.45) is -3.06. The predicted molar refractivity (Wildman–Crippen MR) is 98.5 cm³/mol. The van der Waals surface area contributed by atoms with Crippen LogP contribution in [0.25, 0.3) is 0 Å². The number of halogens is 9. The van der Waals surface area contributed by atoms with Gasteiger partial charge in [0.05, 0.1) is 5.75 Å². The molecule has 0 aromatic heterocycles. The summed E-state index contributed by atoms with van der Waals surface area (Å²) < 4.78 is 147. The second-order valence-electron chi connectivity index (χ2n) is 8.07. The molecule has 15 heteroatoms. The molecule has 0 amide bonds. The lowest BCUT2D eigenvalue weighted by atomic mass is 9.87. The molecular weight excluding hydrogens is 503 g/mol. The molecule has 0 spiro atoms. The summed E-state index contributed by atoms with van der Waals surface area (Å²) in [4.78, 5) is 12.6. The molecule has 1 saturated heterocycles. The van der Waals surface area contributed by atoms with Crippen LogP contribution in [0, 0.1) is 5.92 Å². The molecule has 32 heavy (non-hydrogen) atoms. The van der Waals surface area contributed by atoms with E-state index >= 15 is 0 Å². The van der Waals surface area contributed by atoms with Crippen molar-refractivity contribution in [3.05, 3.63) is 0 Å². The fourth-order valence-electron chi connectivity index (χ4n) is 3.80. The molecular formula is C17H23F9O4S2. The maximum atomic E-state index is 14.1. The number of carbonyl (C=O) groups excluding carboxylic acids is 1. The Balaban J connectivity index is 2.36. The SMILES string of the molecule is O=C(CS1(OS(=O)(=O)C(F)(F)C(F)(F)C(F)(F)C(F)(F)F)CCCCC1)C1CCCCC1. The van der Waals surface area contributed by atoms with E-state index in [1.807, 2.05) is 0 Å².